The number of aromatic nitrogens is 1. The summed E-state index contributed by atoms with van der Waals surface area (Å²) in [6.07, 6.45) is 2.37. The molecule has 160 valence electrons. The number of rotatable bonds is 6. The zero-order valence-corrected chi connectivity index (χ0v) is 17.1. The number of carbonyl (C=O) groups is 3. The Kier molecular flexibility index (Phi) is 5.62. The maximum atomic E-state index is 12.7. The Morgan fingerprint density at radius 1 is 1.23 bits per heavy atom. The predicted molar refractivity (Wildman–Crippen MR) is 117 cm³/mol. The van der Waals surface area contributed by atoms with Crippen molar-refractivity contribution in [1.29, 1.82) is 0 Å². The van der Waals surface area contributed by atoms with E-state index in [1.807, 2.05) is 24.4 Å². The standard InChI is InChI=1S/C23H24N4O4/c1-27-19-7-6-14(10-16(19)13-26-23(31)20(27)11-21(28)29)22(30)24-9-8-15-12-25-18-5-3-2-4-17(15)18/h2-7,10,12,20,25H,8-9,11,13H2,1H3,(H,24,30)(H,26,31)(H,28,29). The molecule has 0 radical (unpaired) electrons. The summed E-state index contributed by atoms with van der Waals surface area (Å²) in [5, 5.41) is 16.0. The second-order valence-corrected chi connectivity index (χ2v) is 7.65. The lowest BCUT2D eigenvalue weighted by molar-refractivity contribution is -0.139. The lowest BCUT2D eigenvalue weighted by atomic mass is 10.1. The second kappa shape index (κ2) is 8.51. The summed E-state index contributed by atoms with van der Waals surface area (Å²) >= 11 is 0. The average molecular weight is 420 g/mol. The summed E-state index contributed by atoms with van der Waals surface area (Å²) in [6, 6.07) is 12.5. The second-order valence-electron chi connectivity index (χ2n) is 7.65. The van der Waals surface area contributed by atoms with Gasteiger partial charge in [0, 0.05) is 48.5 Å². The van der Waals surface area contributed by atoms with Crippen LogP contribution in [-0.4, -0.2) is 47.5 Å². The van der Waals surface area contributed by atoms with Crippen molar-refractivity contribution in [2.24, 2.45) is 0 Å². The van der Waals surface area contributed by atoms with E-state index in [1.54, 1.807) is 30.1 Å². The van der Waals surface area contributed by atoms with Gasteiger partial charge in [-0.3, -0.25) is 14.4 Å². The molecule has 1 aromatic heterocycles. The number of anilines is 1. The highest BCUT2D eigenvalue weighted by molar-refractivity contribution is 5.96. The number of nitrogens with zero attached hydrogens (tertiary/aromatic N) is 1. The zero-order valence-electron chi connectivity index (χ0n) is 17.1. The van der Waals surface area contributed by atoms with Crippen LogP contribution in [0.15, 0.2) is 48.7 Å². The fourth-order valence-electron chi connectivity index (χ4n) is 4.00. The van der Waals surface area contributed by atoms with Crippen LogP contribution in [0.4, 0.5) is 5.69 Å². The maximum Gasteiger partial charge on any atom is 0.305 e. The third-order valence-corrected chi connectivity index (χ3v) is 5.67. The molecule has 2 aromatic carbocycles. The van der Waals surface area contributed by atoms with Crippen LogP contribution in [0.2, 0.25) is 0 Å². The molecule has 4 rings (SSSR count). The first-order valence-electron chi connectivity index (χ1n) is 10.1. The van der Waals surface area contributed by atoms with Crippen LogP contribution in [0.1, 0.15) is 27.9 Å². The Labute approximate surface area is 179 Å². The summed E-state index contributed by atoms with van der Waals surface area (Å²) in [7, 11) is 1.69. The number of aliphatic carboxylic acids is 1. The highest BCUT2D eigenvalue weighted by Gasteiger charge is 2.30. The summed E-state index contributed by atoms with van der Waals surface area (Å²) in [4.78, 5) is 41.0. The molecule has 0 bridgehead atoms. The van der Waals surface area contributed by atoms with Gasteiger partial charge in [-0.15, -0.1) is 0 Å². The van der Waals surface area contributed by atoms with Crippen LogP contribution in [0.3, 0.4) is 0 Å². The van der Waals surface area contributed by atoms with Crippen molar-refractivity contribution in [3.8, 4) is 0 Å². The van der Waals surface area contributed by atoms with E-state index in [-0.39, 0.29) is 24.8 Å². The Balaban J connectivity index is 1.44. The minimum Gasteiger partial charge on any atom is -0.481 e. The Bertz CT molecular complexity index is 1150. The number of hydrogen-bond acceptors (Lipinski definition) is 4. The molecule has 3 aromatic rings. The van der Waals surface area contributed by atoms with Crippen LogP contribution in [0, 0.1) is 0 Å². The highest BCUT2D eigenvalue weighted by Crippen LogP contribution is 2.26. The summed E-state index contributed by atoms with van der Waals surface area (Å²) < 4.78 is 0. The lowest BCUT2D eigenvalue weighted by Crippen LogP contribution is -2.44. The first-order chi connectivity index (χ1) is 14.9. The molecule has 1 aliphatic rings. The zero-order chi connectivity index (χ0) is 22.0. The SMILES string of the molecule is CN1c2ccc(C(=O)NCCc3c[nH]c4ccccc34)cc2CNC(=O)C1CC(=O)O. The van der Waals surface area contributed by atoms with Gasteiger partial charge < -0.3 is 25.6 Å². The monoisotopic (exact) mass is 420 g/mol. The quantitative estimate of drug-likeness (QED) is 0.487. The van der Waals surface area contributed by atoms with E-state index in [0.717, 1.165) is 27.7 Å². The fraction of sp³-hybridized carbons (Fsp3) is 0.261. The number of aromatic amines is 1. The third kappa shape index (κ3) is 4.23. The Morgan fingerprint density at radius 3 is 2.84 bits per heavy atom. The molecule has 2 heterocycles. The molecular formula is C23H24N4O4. The molecule has 2 amide bonds. The number of hydrogen-bond donors (Lipinski definition) is 4. The van der Waals surface area contributed by atoms with E-state index in [0.29, 0.717) is 18.5 Å². The molecule has 31 heavy (non-hydrogen) atoms. The Hall–Kier alpha value is -3.81. The van der Waals surface area contributed by atoms with E-state index in [2.05, 4.69) is 21.7 Å². The van der Waals surface area contributed by atoms with Gasteiger partial charge in [0.05, 0.1) is 6.42 Å². The van der Waals surface area contributed by atoms with Crippen LogP contribution in [-0.2, 0) is 22.6 Å². The van der Waals surface area contributed by atoms with Crippen molar-refractivity contribution >= 4 is 34.4 Å². The number of carboxylic acid groups (broad SMARTS) is 1. The first kappa shape index (κ1) is 20.5. The van der Waals surface area contributed by atoms with E-state index in [4.69, 9.17) is 5.11 Å². The molecule has 1 unspecified atom stereocenters. The third-order valence-electron chi connectivity index (χ3n) is 5.67. The van der Waals surface area contributed by atoms with Crippen LogP contribution >= 0.6 is 0 Å². The molecule has 4 N–H and O–H groups in total. The van der Waals surface area contributed by atoms with Gasteiger partial charge >= 0.3 is 5.97 Å². The highest BCUT2D eigenvalue weighted by atomic mass is 16.4. The molecular weight excluding hydrogens is 396 g/mol. The van der Waals surface area contributed by atoms with E-state index in [9.17, 15) is 14.4 Å². The minimum absolute atomic E-state index is 0.192. The van der Waals surface area contributed by atoms with Crippen molar-refractivity contribution < 1.29 is 19.5 Å². The molecule has 1 aliphatic heterocycles. The van der Waals surface area contributed by atoms with Crippen molar-refractivity contribution in [2.45, 2.75) is 25.4 Å². The van der Waals surface area contributed by atoms with Crippen molar-refractivity contribution in [1.82, 2.24) is 15.6 Å². The minimum atomic E-state index is -1.04. The van der Waals surface area contributed by atoms with E-state index in [1.165, 1.54) is 0 Å². The van der Waals surface area contributed by atoms with Gasteiger partial charge in [-0.2, -0.15) is 0 Å². The van der Waals surface area contributed by atoms with Gasteiger partial charge in [0.15, 0.2) is 0 Å². The topological polar surface area (TPSA) is 115 Å². The average Bonchev–Trinajstić information content (AvgIpc) is 3.13. The number of benzene rings is 2. The molecule has 0 spiro atoms. The summed E-state index contributed by atoms with van der Waals surface area (Å²) in [5.74, 6) is -1.57. The van der Waals surface area contributed by atoms with Gasteiger partial charge in [-0.1, -0.05) is 18.2 Å². The lowest BCUT2D eigenvalue weighted by Gasteiger charge is -2.26. The Morgan fingerprint density at radius 2 is 2.03 bits per heavy atom. The van der Waals surface area contributed by atoms with Gasteiger partial charge in [-0.05, 0) is 41.8 Å². The van der Waals surface area contributed by atoms with Gasteiger partial charge in [0.1, 0.15) is 6.04 Å². The molecule has 0 fully saturated rings. The summed E-state index contributed by atoms with van der Waals surface area (Å²) in [5.41, 5.74) is 4.22. The van der Waals surface area contributed by atoms with E-state index >= 15 is 0 Å². The molecule has 1 atom stereocenters. The largest absolute Gasteiger partial charge is 0.481 e. The summed E-state index contributed by atoms with van der Waals surface area (Å²) in [6.45, 7) is 0.736. The van der Waals surface area contributed by atoms with Crippen LogP contribution < -0.4 is 15.5 Å². The number of para-hydroxylation sites is 1. The van der Waals surface area contributed by atoms with Gasteiger partial charge in [-0.25, -0.2) is 0 Å². The van der Waals surface area contributed by atoms with Crippen molar-refractivity contribution in [3.63, 3.8) is 0 Å². The molecule has 0 saturated carbocycles. The molecule has 0 aliphatic carbocycles. The van der Waals surface area contributed by atoms with Gasteiger partial charge in [0.25, 0.3) is 5.91 Å². The number of H-pyrrole nitrogens is 1. The first-order valence-corrected chi connectivity index (χ1v) is 10.1. The molecule has 8 heteroatoms. The number of carbonyl (C=O) groups excluding carboxylic acids is 2. The molecule has 8 nitrogen and oxygen atoms in total. The number of amides is 2. The van der Waals surface area contributed by atoms with Crippen LogP contribution in [0.25, 0.3) is 10.9 Å². The number of likely N-dealkylation sites (N-methyl/N-ethyl adjacent to an activating group) is 1. The van der Waals surface area contributed by atoms with Crippen molar-refractivity contribution in [2.75, 3.05) is 18.5 Å². The maximum absolute atomic E-state index is 12.7. The van der Waals surface area contributed by atoms with Crippen LogP contribution in [0.5, 0.6) is 0 Å². The van der Waals surface area contributed by atoms with E-state index < -0.39 is 12.0 Å². The fourth-order valence-corrected chi connectivity index (χ4v) is 4.00. The van der Waals surface area contributed by atoms with Gasteiger partial charge in [0.2, 0.25) is 5.91 Å². The number of fused-ring (bicyclic) bond motifs is 2. The van der Waals surface area contributed by atoms with Crippen molar-refractivity contribution in [3.05, 3.63) is 65.4 Å². The normalized spacial score (nSPS) is 15.8. The number of nitrogens with one attached hydrogen (secondary N) is 3. The molecule has 0 saturated heterocycles. The number of carboxylic acids is 1. The predicted octanol–water partition coefficient (Wildman–Crippen LogP) is 2.05. The smallest absolute Gasteiger partial charge is 0.305 e.